The molecule has 1 saturated heterocycles. The van der Waals surface area contributed by atoms with Crippen LogP contribution in [0.4, 0.5) is 4.79 Å². The Morgan fingerprint density at radius 3 is 2.21 bits per heavy atom. The molecule has 156 valence electrons. The second-order valence-corrected chi connectivity index (χ2v) is 6.88. The van der Waals surface area contributed by atoms with Gasteiger partial charge in [0.15, 0.2) is 0 Å². The third-order valence-corrected chi connectivity index (χ3v) is 4.78. The van der Waals surface area contributed by atoms with Crippen LogP contribution in [0.1, 0.15) is 18.1 Å². The number of nitrogens with one attached hydrogen (secondary N) is 1. The fraction of sp³-hybridized carbons (Fsp3) is 0.364. The van der Waals surface area contributed by atoms with Crippen molar-refractivity contribution in [2.45, 2.75) is 19.9 Å². The molecule has 2 amide bonds. The van der Waals surface area contributed by atoms with Crippen molar-refractivity contribution in [3.63, 3.8) is 0 Å². The van der Waals surface area contributed by atoms with Crippen LogP contribution in [0.5, 0.6) is 5.75 Å². The summed E-state index contributed by atoms with van der Waals surface area (Å²) in [4.78, 5) is 28.3. The largest absolute Gasteiger partial charge is 0.412 e. The highest BCUT2D eigenvalue weighted by Crippen LogP contribution is 2.14. The molecule has 2 aromatic carbocycles. The standard InChI is InChI=1S/C22H27N3O3.ClH/c1-2-23-22(27)28-20-10-8-18(9-11-20)16-21(26)25-14-12-24(13-15-25)17-19-6-4-3-5-7-19;/h3-11H,2,12-17H2,1H3,(H,23,27);1H. The van der Waals surface area contributed by atoms with E-state index in [1.54, 1.807) is 12.1 Å². The molecule has 0 unspecified atom stereocenters. The second kappa shape index (κ2) is 11.4. The van der Waals surface area contributed by atoms with Crippen LogP contribution in [-0.4, -0.2) is 54.5 Å². The lowest BCUT2D eigenvalue weighted by Gasteiger charge is -2.34. The van der Waals surface area contributed by atoms with Crippen LogP contribution in [0.2, 0.25) is 0 Å². The van der Waals surface area contributed by atoms with E-state index in [2.05, 4.69) is 34.5 Å². The highest BCUT2D eigenvalue weighted by Gasteiger charge is 2.21. The van der Waals surface area contributed by atoms with Crippen molar-refractivity contribution in [3.8, 4) is 5.75 Å². The third-order valence-electron chi connectivity index (χ3n) is 4.78. The first-order valence-electron chi connectivity index (χ1n) is 9.72. The van der Waals surface area contributed by atoms with E-state index in [1.807, 2.05) is 30.0 Å². The summed E-state index contributed by atoms with van der Waals surface area (Å²) < 4.78 is 5.14. The van der Waals surface area contributed by atoms with Gasteiger partial charge in [0, 0.05) is 39.3 Å². The van der Waals surface area contributed by atoms with E-state index in [-0.39, 0.29) is 18.3 Å². The van der Waals surface area contributed by atoms with E-state index in [9.17, 15) is 9.59 Å². The maximum absolute atomic E-state index is 12.6. The number of benzene rings is 2. The first-order chi connectivity index (χ1) is 13.6. The monoisotopic (exact) mass is 417 g/mol. The average Bonchev–Trinajstić information content (AvgIpc) is 2.71. The number of halogens is 1. The summed E-state index contributed by atoms with van der Waals surface area (Å²) in [5.74, 6) is 0.605. The molecule has 6 nitrogen and oxygen atoms in total. The van der Waals surface area contributed by atoms with Gasteiger partial charge < -0.3 is 15.0 Å². The summed E-state index contributed by atoms with van der Waals surface area (Å²) in [7, 11) is 0. The summed E-state index contributed by atoms with van der Waals surface area (Å²) >= 11 is 0. The SMILES string of the molecule is CCNC(=O)Oc1ccc(CC(=O)N2CCN(Cc3ccccc3)CC2)cc1.Cl. The van der Waals surface area contributed by atoms with E-state index < -0.39 is 6.09 Å². The van der Waals surface area contributed by atoms with E-state index in [1.165, 1.54) is 5.56 Å². The molecule has 1 aliphatic heterocycles. The Balaban J connectivity index is 0.00000300. The number of carbonyl (C=O) groups excluding carboxylic acids is 2. The van der Waals surface area contributed by atoms with Crippen LogP contribution in [0.25, 0.3) is 0 Å². The summed E-state index contributed by atoms with van der Waals surface area (Å²) in [6, 6.07) is 17.5. The molecule has 0 aromatic heterocycles. The van der Waals surface area contributed by atoms with E-state index >= 15 is 0 Å². The molecular weight excluding hydrogens is 390 g/mol. The molecule has 7 heteroatoms. The molecule has 1 fully saturated rings. The zero-order chi connectivity index (χ0) is 19.8. The quantitative estimate of drug-likeness (QED) is 0.784. The second-order valence-electron chi connectivity index (χ2n) is 6.88. The predicted octanol–water partition coefficient (Wildman–Crippen LogP) is 3.10. The molecule has 0 saturated carbocycles. The summed E-state index contributed by atoms with van der Waals surface area (Å²) in [5, 5.41) is 2.58. The van der Waals surface area contributed by atoms with Crippen LogP contribution < -0.4 is 10.1 Å². The molecule has 1 N–H and O–H groups in total. The van der Waals surface area contributed by atoms with Gasteiger partial charge in [-0.3, -0.25) is 9.69 Å². The van der Waals surface area contributed by atoms with Gasteiger partial charge in [-0.25, -0.2) is 4.79 Å². The molecule has 3 rings (SSSR count). The van der Waals surface area contributed by atoms with Crippen molar-refractivity contribution >= 4 is 24.4 Å². The highest BCUT2D eigenvalue weighted by molar-refractivity contribution is 5.85. The van der Waals surface area contributed by atoms with Crippen LogP contribution in [0.3, 0.4) is 0 Å². The maximum atomic E-state index is 12.6. The van der Waals surface area contributed by atoms with Crippen molar-refractivity contribution < 1.29 is 14.3 Å². The van der Waals surface area contributed by atoms with Gasteiger partial charge >= 0.3 is 6.09 Å². The number of ether oxygens (including phenoxy) is 1. The Kier molecular flexibility index (Phi) is 8.96. The molecule has 29 heavy (non-hydrogen) atoms. The van der Waals surface area contributed by atoms with Gasteiger partial charge in [-0.2, -0.15) is 0 Å². The minimum atomic E-state index is -0.472. The fourth-order valence-electron chi connectivity index (χ4n) is 3.25. The average molecular weight is 418 g/mol. The molecule has 0 aliphatic carbocycles. The van der Waals surface area contributed by atoms with Crippen LogP contribution in [0, 0.1) is 0 Å². The number of carbonyl (C=O) groups is 2. The zero-order valence-electron chi connectivity index (χ0n) is 16.7. The Hall–Kier alpha value is -2.57. The topological polar surface area (TPSA) is 61.9 Å². The lowest BCUT2D eigenvalue weighted by Crippen LogP contribution is -2.48. The number of hydrogen-bond donors (Lipinski definition) is 1. The smallest absolute Gasteiger partial charge is 0.410 e. The Morgan fingerprint density at radius 1 is 0.931 bits per heavy atom. The molecule has 1 heterocycles. The summed E-state index contributed by atoms with van der Waals surface area (Å²) in [5.41, 5.74) is 2.22. The minimum absolute atomic E-state index is 0. The molecule has 0 atom stereocenters. The third kappa shape index (κ3) is 7.07. The molecule has 0 radical (unpaired) electrons. The number of piperazine rings is 1. The van der Waals surface area contributed by atoms with Crippen LogP contribution in [0.15, 0.2) is 54.6 Å². The van der Waals surface area contributed by atoms with Crippen LogP contribution >= 0.6 is 12.4 Å². The lowest BCUT2D eigenvalue weighted by atomic mass is 10.1. The molecule has 1 aliphatic rings. The molecule has 2 aromatic rings. The van der Waals surface area contributed by atoms with Gasteiger partial charge in [-0.05, 0) is 30.2 Å². The van der Waals surface area contributed by atoms with Gasteiger partial charge in [0.25, 0.3) is 0 Å². The minimum Gasteiger partial charge on any atom is -0.410 e. The zero-order valence-corrected chi connectivity index (χ0v) is 17.5. The predicted molar refractivity (Wildman–Crippen MR) is 115 cm³/mol. The van der Waals surface area contributed by atoms with Gasteiger partial charge in [0.1, 0.15) is 5.75 Å². The summed E-state index contributed by atoms with van der Waals surface area (Å²) in [6.45, 7) is 6.56. The van der Waals surface area contributed by atoms with Gasteiger partial charge in [0.05, 0.1) is 6.42 Å². The van der Waals surface area contributed by atoms with Crippen molar-refractivity contribution in [2.24, 2.45) is 0 Å². The Bertz CT molecular complexity index is 776. The number of amides is 2. The van der Waals surface area contributed by atoms with E-state index in [0.29, 0.717) is 18.7 Å². The Labute approximate surface area is 178 Å². The van der Waals surface area contributed by atoms with Gasteiger partial charge in [-0.15, -0.1) is 12.4 Å². The molecule has 0 bridgehead atoms. The maximum Gasteiger partial charge on any atom is 0.412 e. The molecule has 0 spiro atoms. The lowest BCUT2D eigenvalue weighted by molar-refractivity contribution is -0.132. The first kappa shape index (κ1) is 22.7. The summed E-state index contributed by atoms with van der Waals surface area (Å²) in [6.07, 6.45) is -0.111. The first-order valence-corrected chi connectivity index (χ1v) is 9.72. The van der Waals surface area contributed by atoms with Crippen molar-refractivity contribution in [1.29, 1.82) is 0 Å². The van der Waals surface area contributed by atoms with E-state index in [4.69, 9.17) is 4.74 Å². The van der Waals surface area contributed by atoms with Crippen LogP contribution in [-0.2, 0) is 17.8 Å². The van der Waals surface area contributed by atoms with Crippen molar-refractivity contribution in [3.05, 3.63) is 65.7 Å². The number of hydrogen-bond acceptors (Lipinski definition) is 4. The van der Waals surface area contributed by atoms with Crippen molar-refractivity contribution in [1.82, 2.24) is 15.1 Å². The molecular formula is C22H28ClN3O3. The number of nitrogens with zero attached hydrogens (tertiary/aromatic N) is 2. The fourth-order valence-corrected chi connectivity index (χ4v) is 3.25. The van der Waals surface area contributed by atoms with Gasteiger partial charge in [0.2, 0.25) is 5.91 Å². The number of rotatable bonds is 6. The Morgan fingerprint density at radius 2 is 1.59 bits per heavy atom. The van der Waals surface area contributed by atoms with E-state index in [0.717, 1.165) is 38.3 Å². The van der Waals surface area contributed by atoms with Crippen molar-refractivity contribution in [2.75, 3.05) is 32.7 Å². The van der Waals surface area contributed by atoms with Gasteiger partial charge in [-0.1, -0.05) is 42.5 Å². The normalized spacial score (nSPS) is 14.0. The highest BCUT2D eigenvalue weighted by atomic mass is 35.5.